The Balaban J connectivity index is 3.40. The van der Waals surface area contributed by atoms with Crippen LogP contribution in [0.25, 0.3) is 0 Å². The molecule has 1 heterocycles. The summed E-state index contributed by atoms with van der Waals surface area (Å²) in [4.78, 5) is 0. The summed E-state index contributed by atoms with van der Waals surface area (Å²) in [6.07, 6.45) is 52.1. The lowest BCUT2D eigenvalue weighted by Gasteiger charge is -2.48. The molecule has 0 aliphatic carbocycles. The van der Waals surface area contributed by atoms with Crippen molar-refractivity contribution in [1.82, 2.24) is 0 Å². The van der Waals surface area contributed by atoms with Crippen LogP contribution in [-0.4, -0.2) is 212 Å². The van der Waals surface area contributed by atoms with E-state index in [0.717, 1.165) is 161 Å². The zero-order valence-electron chi connectivity index (χ0n) is 59.1. The van der Waals surface area contributed by atoms with Crippen molar-refractivity contribution in [1.29, 1.82) is 0 Å². The Kier molecular flexibility index (Phi) is 49.8. The van der Waals surface area contributed by atoms with E-state index in [1.54, 1.807) is 0 Å². The van der Waals surface area contributed by atoms with Gasteiger partial charge in [-0.05, 0) is 32.1 Å². The molecule has 1 aliphatic heterocycles. The minimum absolute atomic E-state index is 0.220. The van der Waals surface area contributed by atoms with Crippen molar-refractivity contribution in [3.8, 4) is 0 Å². The van der Waals surface area contributed by atoms with E-state index in [1.165, 1.54) is 218 Å². The van der Waals surface area contributed by atoms with Crippen LogP contribution in [0.5, 0.6) is 0 Å². The van der Waals surface area contributed by atoms with Crippen molar-refractivity contribution in [2.45, 2.75) is 348 Å². The van der Waals surface area contributed by atoms with Gasteiger partial charge in [0.1, 0.15) is 129 Å². The maximum Gasteiger partial charge on any atom is 0.129 e. The Morgan fingerprint density at radius 1 is 0.262 bits per heavy atom. The van der Waals surface area contributed by atoms with Crippen molar-refractivity contribution in [2.24, 2.45) is 0 Å². The molecule has 0 saturated carbocycles. The molecule has 0 bridgehead atoms. The first-order valence-corrected chi connectivity index (χ1v) is 37.9. The van der Waals surface area contributed by atoms with Crippen LogP contribution in [0.2, 0.25) is 0 Å². The number of hydrogen-bond donors (Lipinski definition) is 5. The number of quaternary nitrogens is 5. The van der Waals surface area contributed by atoms with Crippen molar-refractivity contribution in [2.75, 3.05) is 133 Å². The van der Waals surface area contributed by atoms with E-state index in [-0.39, 0.29) is 18.3 Å². The van der Waals surface area contributed by atoms with Gasteiger partial charge in [0.05, 0.1) is 35.2 Å². The molecule has 504 valence electrons. The second kappa shape index (κ2) is 51.2. The smallest absolute Gasteiger partial charge is 0.129 e. The lowest BCUT2D eigenvalue weighted by atomic mass is 10.0. The number of hydrogen-bond acceptors (Lipinski definition) is 5. The molecule has 0 radical (unpaired) electrons. The minimum Gasteiger partial charge on any atom is -0.387 e. The van der Waals surface area contributed by atoms with Gasteiger partial charge in [0.15, 0.2) is 0 Å². The number of piperazine rings is 1. The van der Waals surface area contributed by atoms with E-state index >= 15 is 0 Å². The van der Waals surface area contributed by atoms with E-state index in [1.807, 2.05) is 0 Å². The van der Waals surface area contributed by atoms with Gasteiger partial charge in [-0.2, -0.15) is 0 Å². The molecule has 10 heteroatoms. The molecule has 84 heavy (non-hydrogen) atoms. The highest BCUT2D eigenvalue weighted by Gasteiger charge is 2.42. The highest BCUT2D eigenvalue weighted by Crippen LogP contribution is 2.24. The van der Waals surface area contributed by atoms with Gasteiger partial charge >= 0.3 is 0 Å². The number of likely N-dealkylation sites (N-methyl/N-ethyl adjacent to an activating group) is 5. The van der Waals surface area contributed by atoms with Crippen molar-refractivity contribution in [3.05, 3.63) is 0 Å². The number of nitrogens with zero attached hydrogens (tertiary/aromatic N) is 5. The fourth-order valence-corrected chi connectivity index (χ4v) is 14.3. The maximum atomic E-state index is 12.1. The largest absolute Gasteiger partial charge is 0.387 e. The average molecular weight is 1200 g/mol. The molecule has 10 nitrogen and oxygen atoms in total. The van der Waals surface area contributed by atoms with Crippen LogP contribution in [0.4, 0.5) is 0 Å². The van der Waals surface area contributed by atoms with Gasteiger partial charge in [-0.15, -0.1) is 0 Å². The number of aliphatic hydroxyl groups is 5. The summed E-state index contributed by atoms with van der Waals surface area (Å²) in [5, 5.41) is 59.0. The van der Waals surface area contributed by atoms with Crippen molar-refractivity contribution >= 4 is 0 Å². The summed E-state index contributed by atoms with van der Waals surface area (Å²) in [7, 11) is 12.0. The Labute approximate surface area is 526 Å². The molecular weight excluding hydrogens is 1040 g/mol. The third kappa shape index (κ3) is 44.9. The first kappa shape index (κ1) is 81.6. The summed E-state index contributed by atoms with van der Waals surface area (Å²) in [5.74, 6) is 0. The van der Waals surface area contributed by atoms with Gasteiger partial charge in [0.2, 0.25) is 0 Å². The molecule has 8 atom stereocenters. The zero-order chi connectivity index (χ0) is 62.1. The van der Waals surface area contributed by atoms with E-state index in [2.05, 4.69) is 69.9 Å². The Morgan fingerprint density at radius 3 is 0.738 bits per heavy atom. The lowest BCUT2D eigenvalue weighted by molar-refractivity contribution is -1.03. The number of aliphatic hydroxyl groups excluding tert-OH is 5. The molecule has 8 unspecified atom stereocenters. The summed E-state index contributed by atoms with van der Waals surface area (Å²) in [5.41, 5.74) is 0. The first-order valence-electron chi connectivity index (χ1n) is 37.9. The number of rotatable bonds is 63. The van der Waals surface area contributed by atoms with Crippen molar-refractivity contribution < 1.29 is 47.9 Å². The standard InChI is InChI=1S/C74H158N5O5/c1-11-16-21-26-31-36-41-45-50-70(80)65-76(7)58-55-75(6,56-59-76)57-60-77(8,66-71(81)51-46-42-37-32-27-22-17-12-2)61-62-78(9,67-72(82)52-47-43-38-33-28-23-18-13-3)63-64-79(10,68-73(83)53-48-40-35-30-25-20-15-5)69-74(84)54-49-44-39-34-29-24-19-14-4/h70-74,80-84H,11-69H2,1-10H3/q+5. The molecule has 1 saturated heterocycles. The second-order valence-corrected chi connectivity index (χ2v) is 30.5. The molecule has 0 amide bonds. The van der Waals surface area contributed by atoms with Crippen LogP contribution >= 0.6 is 0 Å². The van der Waals surface area contributed by atoms with Gasteiger partial charge in [-0.1, -0.05) is 285 Å². The van der Waals surface area contributed by atoms with Gasteiger partial charge in [0.25, 0.3) is 0 Å². The predicted molar refractivity (Wildman–Crippen MR) is 365 cm³/mol. The van der Waals surface area contributed by atoms with E-state index < -0.39 is 12.2 Å². The predicted octanol–water partition coefficient (Wildman–Crippen LogP) is 16.3. The van der Waals surface area contributed by atoms with Gasteiger partial charge < -0.3 is 47.9 Å². The number of unbranched alkanes of at least 4 members (excludes halogenated alkanes) is 34. The lowest BCUT2D eigenvalue weighted by Crippen LogP contribution is -2.67. The minimum atomic E-state index is -0.393. The third-order valence-electron chi connectivity index (χ3n) is 20.9. The highest BCUT2D eigenvalue weighted by molar-refractivity contribution is 4.66. The molecule has 0 aromatic rings. The average Bonchev–Trinajstić information content (AvgIpc) is 2.42. The first-order chi connectivity index (χ1) is 40.3. The van der Waals surface area contributed by atoms with Crippen LogP contribution < -0.4 is 0 Å². The van der Waals surface area contributed by atoms with Gasteiger partial charge in [-0.3, -0.25) is 0 Å². The van der Waals surface area contributed by atoms with Crippen LogP contribution in [-0.2, 0) is 0 Å². The fourth-order valence-electron chi connectivity index (χ4n) is 14.3. The third-order valence-corrected chi connectivity index (χ3v) is 20.9. The topological polar surface area (TPSA) is 101 Å². The monoisotopic (exact) mass is 1200 g/mol. The SMILES string of the molecule is CCCCCCCCCCC(O)C[N+]1(C)CC[N+](C)(CC[N+](C)(CC[N+](C)(CC[N+](C)(CC(O)CCCCCCCCC)CC(O)CCCCCCCCCC)CC(O)CCCCCCCCCC)CC(O)CCCCCCCCCC)CC1. The summed E-state index contributed by atoms with van der Waals surface area (Å²) < 4.78 is 4.27. The fraction of sp³-hybridized carbons (Fsp3) is 1.00. The Bertz CT molecular complexity index is 1440. The van der Waals surface area contributed by atoms with Crippen molar-refractivity contribution in [3.63, 3.8) is 0 Å². The highest BCUT2D eigenvalue weighted by atomic mass is 16.3. The summed E-state index contributed by atoms with van der Waals surface area (Å²) in [6.45, 7) is 25.2. The van der Waals surface area contributed by atoms with Gasteiger partial charge in [0, 0.05) is 0 Å². The van der Waals surface area contributed by atoms with E-state index in [0.29, 0.717) is 24.1 Å². The van der Waals surface area contributed by atoms with Crippen LogP contribution in [0.15, 0.2) is 0 Å². The quantitative estimate of drug-likeness (QED) is 0.0309. The van der Waals surface area contributed by atoms with Crippen LogP contribution in [0.3, 0.4) is 0 Å². The normalized spacial score (nSPS) is 20.8. The van der Waals surface area contributed by atoms with Gasteiger partial charge in [-0.25, -0.2) is 0 Å². The van der Waals surface area contributed by atoms with E-state index in [4.69, 9.17) is 0 Å². The molecule has 5 N–H and O–H groups in total. The zero-order valence-corrected chi connectivity index (χ0v) is 59.1. The van der Waals surface area contributed by atoms with E-state index in [9.17, 15) is 25.5 Å². The molecule has 0 aromatic carbocycles. The van der Waals surface area contributed by atoms with Crippen LogP contribution in [0, 0.1) is 0 Å². The Hall–Kier alpha value is -0.400. The molecular formula is C74H158N5O5+5. The maximum absolute atomic E-state index is 12.1. The summed E-state index contributed by atoms with van der Waals surface area (Å²) >= 11 is 0. The summed E-state index contributed by atoms with van der Waals surface area (Å²) in [6, 6.07) is 0. The second-order valence-electron chi connectivity index (χ2n) is 30.5. The molecule has 1 fully saturated rings. The molecule has 1 rings (SSSR count). The molecule has 0 spiro atoms. The molecule has 1 aliphatic rings. The van der Waals surface area contributed by atoms with Crippen LogP contribution in [0.1, 0.15) is 317 Å². The molecule has 0 aromatic heterocycles. The Morgan fingerprint density at radius 2 is 0.464 bits per heavy atom.